The predicted octanol–water partition coefficient (Wildman–Crippen LogP) is 5.11. The molecule has 0 spiro atoms. The van der Waals surface area contributed by atoms with E-state index in [9.17, 15) is 13.2 Å². The summed E-state index contributed by atoms with van der Waals surface area (Å²) in [5.74, 6) is 0. The van der Waals surface area contributed by atoms with Crippen LogP contribution in [0.4, 0.5) is 13.2 Å². The van der Waals surface area contributed by atoms with E-state index >= 15 is 0 Å². The van der Waals surface area contributed by atoms with Crippen molar-refractivity contribution in [3.63, 3.8) is 0 Å². The molecule has 0 N–H and O–H groups in total. The third kappa shape index (κ3) is 3.38. The van der Waals surface area contributed by atoms with Gasteiger partial charge in [0.25, 0.3) is 0 Å². The summed E-state index contributed by atoms with van der Waals surface area (Å²) in [5, 5.41) is 0. The standard InChI is InChI=1S/C16H16F3N/c1-2-3-6-12-11-13(16(17,18)19)8-9-14(12)15-7-4-5-10-20-15/h4-5,7-11H,2-3,6H2,1H3. The Morgan fingerprint density at radius 1 is 1.10 bits per heavy atom. The fraction of sp³-hybridized carbons (Fsp3) is 0.312. The van der Waals surface area contributed by atoms with Gasteiger partial charge in [-0.2, -0.15) is 13.2 Å². The second-order valence-electron chi connectivity index (χ2n) is 4.69. The molecule has 0 bridgehead atoms. The molecular weight excluding hydrogens is 263 g/mol. The Morgan fingerprint density at radius 3 is 2.50 bits per heavy atom. The third-order valence-corrected chi connectivity index (χ3v) is 3.17. The first-order valence-corrected chi connectivity index (χ1v) is 6.64. The van der Waals surface area contributed by atoms with E-state index in [-0.39, 0.29) is 0 Å². The average Bonchev–Trinajstić information content (AvgIpc) is 2.45. The zero-order chi connectivity index (χ0) is 14.6. The van der Waals surface area contributed by atoms with E-state index < -0.39 is 11.7 Å². The summed E-state index contributed by atoms with van der Waals surface area (Å²) in [4.78, 5) is 4.23. The van der Waals surface area contributed by atoms with Crippen LogP contribution in [-0.4, -0.2) is 4.98 Å². The summed E-state index contributed by atoms with van der Waals surface area (Å²) in [6, 6.07) is 9.34. The molecule has 1 nitrogen and oxygen atoms in total. The number of hydrogen-bond acceptors (Lipinski definition) is 1. The summed E-state index contributed by atoms with van der Waals surface area (Å²) < 4.78 is 38.4. The number of benzene rings is 1. The van der Waals surface area contributed by atoms with Crippen molar-refractivity contribution in [2.24, 2.45) is 0 Å². The minimum atomic E-state index is -4.30. The zero-order valence-electron chi connectivity index (χ0n) is 11.2. The fourth-order valence-corrected chi connectivity index (χ4v) is 2.12. The van der Waals surface area contributed by atoms with Gasteiger partial charge in [0.2, 0.25) is 0 Å². The number of aryl methyl sites for hydroxylation is 1. The maximum Gasteiger partial charge on any atom is 0.416 e. The Labute approximate surface area is 116 Å². The molecule has 0 atom stereocenters. The van der Waals surface area contributed by atoms with Crippen LogP contribution in [0, 0.1) is 0 Å². The number of halogens is 3. The molecule has 0 aliphatic carbocycles. The normalized spacial score (nSPS) is 11.6. The van der Waals surface area contributed by atoms with Crippen molar-refractivity contribution in [3.8, 4) is 11.3 Å². The Morgan fingerprint density at radius 2 is 1.90 bits per heavy atom. The molecule has 2 rings (SSSR count). The van der Waals surface area contributed by atoms with E-state index in [0.29, 0.717) is 17.7 Å². The first-order chi connectivity index (χ1) is 9.52. The molecule has 1 aromatic carbocycles. The lowest BCUT2D eigenvalue weighted by Crippen LogP contribution is -2.06. The van der Waals surface area contributed by atoms with Crippen LogP contribution in [0.25, 0.3) is 11.3 Å². The van der Waals surface area contributed by atoms with Crippen LogP contribution in [0.1, 0.15) is 30.9 Å². The number of nitrogens with zero attached hydrogens (tertiary/aromatic N) is 1. The molecule has 4 heteroatoms. The number of hydrogen-bond donors (Lipinski definition) is 0. The predicted molar refractivity (Wildman–Crippen MR) is 73.3 cm³/mol. The van der Waals surface area contributed by atoms with Crippen LogP contribution < -0.4 is 0 Å². The van der Waals surface area contributed by atoms with E-state index in [2.05, 4.69) is 4.98 Å². The highest BCUT2D eigenvalue weighted by molar-refractivity contribution is 5.64. The van der Waals surface area contributed by atoms with E-state index in [4.69, 9.17) is 0 Å². The minimum absolute atomic E-state index is 0.594. The van der Waals surface area contributed by atoms with Gasteiger partial charge in [-0.15, -0.1) is 0 Å². The summed E-state index contributed by atoms with van der Waals surface area (Å²) in [6.45, 7) is 2.02. The molecule has 1 aromatic heterocycles. The Kier molecular flexibility index (Phi) is 4.42. The molecule has 0 fully saturated rings. The highest BCUT2D eigenvalue weighted by atomic mass is 19.4. The van der Waals surface area contributed by atoms with Crippen molar-refractivity contribution in [2.45, 2.75) is 32.4 Å². The summed E-state index contributed by atoms with van der Waals surface area (Å²) >= 11 is 0. The van der Waals surface area contributed by atoms with Crippen LogP contribution >= 0.6 is 0 Å². The average molecular weight is 279 g/mol. The highest BCUT2D eigenvalue weighted by Gasteiger charge is 2.31. The topological polar surface area (TPSA) is 12.9 Å². The highest BCUT2D eigenvalue weighted by Crippen LogP contribution is 2.33. The van der Waals surface area contributed by atoms with E-state index in [1.54, 1.807) is 12.3 Å². The SMILES string of the molecule is CCCCc1cc(C(F)(F)F)ccc1-c1ccccn1. The lowest BCUT2D eigenvalue weighted by Gasteiger charge is -2.13. The van der Waals surface area contributed by atoms with E-state index in [1.807, 2.05) is 19.1 Å². The molecule has 0 unspecified atom stereocenters. The smallest absolute Gasteiger partial charge is 0.256 e. The minimum Gasteiger partial charge on any atom is -0.256 e. The van der Waals surface area contributed by atoms with Crippen LogP contribution in [0.3, 0.4) is 0 Å². The van der Waals surface area contributed by atoms with Crippen LogP contribution in [0.5, 0.6) is 0 Å². The second kappa shape index (κ2) is 6.07. The molecule has 0 amide bonds. The van der Waals surface area contributed by atoms with Crippen molar-refractivity contribution < 1.29 is 13.2 Å². The van der Waals surface area contributed by atoms with Crippen molar-refractivity contribution in [2.75, 3.05) is 0 Å². The van der Waals surface area contributed by atoms with Crippen molar-refractivity contribution in [1.29, 1.82) is 0 Å². The van der Waals surface area contributed by atoms with E-state index in [1.165, 1.54) is 12.1 Å². The lowest BCUT2D eigenvalue weighted by molar-refractivity contribution is -0.137. The largest absolute Gasteiger partial charge is 0.416 e. The Bertz CT molecular complexity index is 562. The number of pyridine rings is 1. The fourth-order valence-electron chi connectivity index (χ4n) is 2.12. The summed E-state index contributed by atoms with van der Waals surface area (Å²) in [6.07, 6.45) is -0.217. The van der Waals surface area contributed by atoms with Crippen molar-refractivity contribution >= 4 is 0 Å². The number of unbranched alkanes of at least 4 members (excludes halogenated alkanes) is 1. The van der Waals surface area contributed by atoms with Gasteiger partial charge in [0.15, 0.2) is 0 Å². The van der Waals surface area contributed by atoms with Gasteiger partial charge >= 0.3 is 6.18 Å². The number of rotatable bonds is 4. The van der Waals surface area contributed by atoms with Gasteiger partial charge in [0, 0.05) is 11.8 Å². The monoisotopic (exact) mass is 279 g/mol. The molecule has 0 aliphatic rings. The Hall–Kier alpha value is -1.84. The Balaban J connectivity index is 2.46. The second-order valence-corrected chi connectivity index (χ2v) is 4.69. The maximum atomic E-state index is 12.8. The molecule has 106 valence electrons. The van der Waals surface area contributed by atoms with Gasteiger partial charge in [-0.05, 0) is 42.7 Å². The summed E-state index contributed by atoms with van der Waals surface area (Å²) in [5.41, 5.74) is 1.61. The molecule has 0 saturated carbocycles. The number of alkyl halides is 3. The van der Waals surface area contributed by atoms with Crippen LogP contribution in [0.15, 0.2) is 42.6 Å². The lowest BCUT2D eigenvalue weighted by atomic mass is 9.96. The zero-order valence-corrected chi connectivity index (χ0v) is 11.2. The first-order valence-electron chi connectivity index (χ1n) is 6.64. The third-order valence-electron chi connectivity index (χ3n) is 3.17. The molecule has 0 saturated heterocycles. The number of aromatic nitrogens is 1. The molecule has 0 aliphatic heterocycles. The molecule has 2 aromatic rings. The van der Waals surface area contributed by atoms with Crippen molar-refractivity contribution in [1.82, 2.24) is 4.98 Å². The quantitative estimate of drug-likeness (QED) is 0.757. The maximum absolute atomic E-state index is 12.8. The van der Waals surface area contributed by atoms with Gasteiger partial charge in [0.05, 0.1) is 11.3 Å². The molecular formula is C16H16F3N. The summed E-state index contributed by atoms with van der Waals surface area (Å²) in [7, 11) is 0. The van der Waals surface area contributed by atoms with Gasteiger partial charge in [-0.3, -0.25) is 4.98 Å². The molecule has 0 radical (unpaired) electrons. The molecule has 1 heterocycles. The van der Waals surface area contributed by atoms with Crippen molar-refractivity contribution in [3.05, 3.63) is 53.7 Å². The van der Waals surface area contributed by atoms with Gasteiger partial charge in [0.1, 0.15) is 0 Å². The van der Waals surface area contributed by atoms with Crippen LogP contribution in [0.2, 0.25) is 0 Å². The van der Waals surface area contributed by atoms with Gasteiger partial charge in [-0.25, -0.2) is 0 Å². The van der Waals surface area contributed by atoms with Crippen LogP contribution in [-0.2, 0) is 12.6 Å². The van der Waals surface area contributed by atoms with Gasteiger partial charge < -0.3 is 0 Å². The van der Waals surface area contributed by atoms with Gasteiger partial charge in [-0.1, -0.05) is 25.5 Å². The molecule has 20 heavy (non-hydrogen) atoms. The first kappa shape index (κ1) is 14.6. The van der Waals surface area contributed by atoms with E-state index in [0.717, 1.165) is 24.5 Å².